The van der Waals surface area contributed by atoms with Gasteiger partial charge in [-0.25, -0.2) is 0 Å². The molecule has 1 atom stereocenters. The van der Waals surface area contributed by atoms with Crippen LogP contribution >= 0.6 is 28.3 Å². The van der Waals surface area contributed by atoms with Gasteiger partial charge in [-0.3, -0.25) is 4.90 Å². The van der Waals surface area contributed by atoms with Crippen LogP contribution in [0.4, 0.5) is 0 Å². The molecule has 1 aliphatic rings. The Morgan fingerprint density at radius 3 is 2.50 bits per heavy atom. The Labute approximate surface area is 147 Å². The number of hydrogen-bond acceptors (Lipinski definition) is 4. The maximum absolute atomic E-state index is 9.85. The summed E-state index contributed by atoms with van der Waals surface area (Å²) >= 11 is 3.57. The number of aliphatic hydroxyl groups is 1. The molecule has 1 aliphatic heterocycles. The molecule has 0 radical (unpaired) electrons. The highest BCUT2D eigenvalue weighted by Gasteiger charge is 2.35. The fourth-order valence-electron chi connectivity index (χ4n) is 3.04. The molecule has 1 aromatic rings. The van der Waals surface area contributed by atoms with E-state index in [1.54, 1.807) is 7.11 Å². The summed E-state index contributed by atoms with van der Waals surface area (Å²) in [6, 6.07) is 6.39. The van der Waals surface area contributed by atoms with E-state index in [4.69, 9.17) is 4.74 Å². The van der Waals surface area contributed by atoms with Crippen molar-refractivity contribution in [2.75, 3.05) is 39.9 Å². The molecule has 2 rings (SSSR count). The van der Waals surface area contributed by atoms with Gasteiger partial charge < -0.3 is 15.2 Å². The van der Waals surface area contributed by atoms with Crippen molar-refractivity contribution in [3.05, 3.63) is 28.2 Å². The highest BCUT2D eigenvalue weighted by atomic mass is 79.9. The molecule has 4 nitrogen and oxygen atoms in total. The predicted octanol–water partition coefficient (Wildman–Crippen LogP) is 2.84. The second-order valence-electron chi connectivity index (χ2n) is 6.23. The molecule has 0 unspecified atom stereocenters. The molecule has 22 heavy (non-hydrogen) atoms. The molecule has 6 heteroatoms. The molecule has 0 amide bonds. The van der Waals surface area contributed by atoms with Crippen LogP contribution in [0.1, 0.15) is 25.5 Å². The van der Waals surface area contributed by atoms with Gasteiger partial charge in [0.2, 0.25) is 0 Å². The van der Waals surface area contributed by atoms with Gasteiger partial charge in [0.25, 0.3) is 0 Å². The van der Waals surface area contributed by atoms with E-state index in [9.17, 15) is 5.11 Å². The summed E-state index contributed by atoms with van der Waals surface area (Å²) < 4.78 is 6.27. The Balaban J connectivity index is 0.00000242. The van der Waals surface area contributed by atoms with Crippen LogP contribution in [0.5, 0.6) is 5.75 Å². The minimum Gasteiger partial charge on any atom is -0.496 e. The average Bonchev–Trinajstić information content (AvgIpc) is 2.48. The van der Waals surface area contributed by atoms with Gasteiger partial charge in [-0.1, -0.05) is 19.9 Å². The molecule has 1 saturated heterocycles. The predicted molar refractivity (Wildman–Crippen MR) is 96.0 cm³/mol. The zero-order chi connectivity index (χ0) is 15.5. The summed E-state index contributed by atoms with van der Waals surface area (Å²) in [6.45, 7) is 8.39. The van der Waals surface area contributed by atoms with Crippen molar-refractivity contribution in [2.45, 2.75) is 19.9 Å². The summed E-state index contributed by atoms with van der Waals surface area (Å²) in [6.07, 6.45) is 0. The highest BCUT2D eigenvalue weighted by molar-refractivity contribution is 9.10. The zero-order valence-electron chi connectivity index (χ0n) is 13.4. The molecular weight excluding hydrogens is 368 g/mol. The topological polar surface area (TPSA) is 44.7 Å². The lowest BCUT2D eigenvalue weighted by atomic mass is 9.79. The molecule has 0 aliphatic carbocycles. The summed E-state index contributed by atoms with van der Waals surface area (Å²) in [5.41, 5.74) is 1.01. The quantitative estimate of drug-likeness (QED) is 0.807. The third-order valence-corrected chi connectivity index (χ3v) is 4.78. The van der Waals surface area contributed by atoms with Gasteiger partial charge in [-0.15, -0.1) is 12.4 Å². The number of methoxy groups -OCH3 is 1. The lowest BCUT2D eigenvalue weighted by molar-refractivity contribution is 0.0305. The second kappa shape index (κ2) is 8.50. The van der Waals surface area contributed by atoms with Crippen LogP contribution in [-0.2, 0) is 0 Å². The number of aliphatic hydroxyl groups excluding tert-OH is 1. The number of nitrogens with zero attached hydrogens (tertiary/aromatic N) is 1. The van der Waals surface area contributed by atoms with Crippen LogP contribution in [0.15, 0.2) is 22.7 Å². The Bertz CT molecular complexity index is 479. The first-order chi connectivity index (χ1) is 9.99. The van der Waals surface area contributed by atoms with Crippen LogP contribution in [-0.4, -0.2) is 49.9 Å². The number of ether oxygens (including phenoxy) is 1. The van der Waals surface area contributed by atoms with Crippen molar-refractivity contribution >= 4 is 28.3 Å². The summed E-state index contributed by atoms with van der Waals surface area (Å²) in [4.78, 5) is 2.46. The number of nitrogens with one attached hydrogen (secondary N) is 1. The van der Waals surface area contributed by atoms with E-state index < -0.39 is 0 Å². The number of rotatable bonds is 5. The molecule has 0 aromatic heterocycles. The summed E-state index contributed by atoms with van der Waals surface area (Å²) in [5, 5.41) is 13.2. The van der Waals surface area contributed by atoms with E-state index in [1.807, 2.05) is 6.07 Å². The van der Waals surface area contributed by atoms with Gasteiger partial charge in [0.15, 0.2) is 0 Å². The largest absolute Gasteiger partial charge is 0.496 e. The minimum atomic E-state index is -0.203. The van der Waals surface area contributed by atoms with Crippen molar-refractivity contribution in [2.24, 2.45) is 5.41 Å². The maximum atomic E-state index is 9.85. The highest BCUT2D eigenvalue weighted by Crippen LogP contribution is 2.40. The number of piperazine rings is 1. The number of benzene rings is 1. The van der Waals surface area contributed by atoms with E-state index in [2.05, 4.69) is 52.1 Å². The van der Waals surface area contributed by atoms with E-state index in [1.165, 1.54) is 5.56 Å². The van der Waals surface area contributed by atoms with E-state index in [0.29, 0.717) is 0 Å². The SMILES string of the molecule is COc1ccc([C@@H](N2CCNCC2)C(C)(C)CO)cc1Br.Cl. The monoisotopic (exact) mass is 392 g/mol. The molecule has 0 bridgehead atoms. The van der Waals surface area contributed by atoms with Crippen LogP contribution in [0.25, 0.3) is 0 Å². The molecule has 0 spiro atoms. The fraction of sp³-hybridized carbons (Fsp3) is 0.625. The molecule has 1 heterocycles. The summed E-state index contributed by atoms with van der Waals surface area (Å²) in [7, 11) is 1.67. The lowest BCUT2D eigenvalue weighted by Gasteiger charge is -2.43. The van der Waals surface area contributed by atoms with E-state index >= 15 is 0 Å². The fourth-order valence-corrected chi connectivity index (χ4v) is 3.59. The Hall–Kier alpha value is -0.330. The maximum Gasteiger partial charge on any atom is 0.133 e. The molecule has 126 valence electrons. The molecule has 1 fully saturated rings. The normalized spacial score (nSPS) is 17.7. The van der Waals surface area contributed by atoms with Crippen molar-refractivity contribution in [3.8, 4) is 5.75 Å². The molecule has 2 N–H and O–H groups in total. The van der Waals surface area contributed by atoms with Gasteiger partial charge in [0.1, 0.15) is 5.75 Å². The van der Waals surface area contributed by atoms with E-state index in [0.717, 1.165) is 36.4 Å². The van der Waals surface area contributed by atoms with Gasteiger partial charge in [-0.2, -0.15) is 0 Å². The zero-order valence-corrected chi connectivity index (χ0v) is 15.8. The van der Waals surface area contributed by atoms with Gasteiger partial charge in [0, 0.05) is 44.2 Å². The smallest absolute Gasteiger partial charge is 0.133 e. The van der Waals surface area contributed by atoms with E-state index in [-0.39, 0.29) is 30.5 Å². The Morgan fingerprint density at radius 2 is 2.00 bits per heavy atom. The first-order valence-corrected chi connectivity index (χ1v) is 8.18. The third kappa shape index (κ3) is 4.36. The van der Waals surface area contributed by atoms with Gasteiger partial charge in [0.05, 0.1) is 11.6 Å². The molecule has 0 saturated carbocycles. The first-order valence-electron chi connectivity index (χ1n) is 7.38. The molecular formula is C16H26BrClN2O2. The Morgan fingerprint density at radius 1 is 1.36 bits per heavy atom. The van der Waals surface area contributed by atoms with Crippen LogP contribution in [0, 0.1) is 5.41 Å². The summed E-state index contributed by atoms with van der Waals surface area (Å²) in [5.74, 6) is 0.833. The second-order valence-corrected chi connectivity index (χ2v) is 7.08. The lowest BCUT2D eigenvalue weighted by Crippen LogP contribution is -2.49. The standard InChI is InChI=1S/C16H25BrN2O2.ClH/c1-16(2,11-20)15(19-8-6-18-7-9-19)12-4-5-14(21-3)13(17)10-12;/h4-5,10,15,18,20H,6-9,11H2,1-3H3;1H/t15-;/m1./s1. The van der Waals surface area contributed by atoms with Crippen molar-refractivity contribution in [1.29, 1.82) is 0 Å². The van der Waals surface area contributed by atoms with Crippen LogP contribution in [0.3, 0.4) is 0 Å². The average molecular weight is 394 g/mol. The first kappa shape index (κ1) is 19.7. The Kier molecular flexibility index (Phi) is 7.62. The van der Waals surface area contributed by atoms with Gasteiger partial charge in [-0.05, 0) is 33.6 Å². The minimum absolute atomic E-state index is 0. The molecule has 1 aromatic carbocycles. The number of hydrogen-bond donors (Lipinski definition) is 2. The van der Waals surface area contributed by atoms with Crippen molar-refractivity contribution < 1.29 is 9.84 Å². The third-order valence-electron chi connectivity index (χ3n) is 4.16. The van der Waals surface area contributed by atoms with Gasteiger partial charge >= 0.3 is 0 Å². The van der Waals surface area contributed by atoms with Crippen molar-refractivity contribution in [3.63, 3.8) is 0 Å². The van der Waals surface area contributed by atoms with Crippen LogP contribution < -0.4 is 10.1 Å². The van der Waals surface area contributed by atoms with Crippen LogP contribution in [0.2, 0.25) is 0 Å². The number of halogens is 2. The van der Waals surface area contributed by atoms with Crippen molar-refractivity contribution in [1.82, 2.24) is 10.2 Å².